The van der Waals surface area contributed by atoms with Crippen LogP contribution in [0, 0.1) is 11.8 Å². The van der Waals surface area contributed by atoms with Crippen LogP contribution in [0.25, 0.3) is 0 Å². The Hall–Kier alpha value is -3.57. The van der Waals surface area contributed by atoms with Gasteiger partial charge in [-0.15, -0.1) is 0 Å². The summed E-state index contributed by atoms with van der Waals surface area (Å²) in [6.45, 7) is 3.40. The lowest BCUT2D eigenvalue weighted by atomic mass is 10.2. The first-order valence-corrected chi connectivity index (χ1v) is 11.2. The SMILES string of the molecule is NCCOc1ccc(C#Cc2cc(OCc3ccccc3)cc(OCC3COCCO3)n2)cc1. The third-order valence-electron chi connectivity index (χ3n) is 4.90. The number of nitrogens with two attached hydrogens (primary N) is 1. The molecule has 4 rings (SSSR count). The summed E-state index contributed by atoms with van der Waals surface area (Å²) in [5.74, 6) is 8.05. The van der Waals surface area contributed by atoms with Crippen molar-refractivity contribution in [3.8, 4) is 29.2 Å². The first-order chi connectivity index (χ1) is 16.8. The van der Waals surface area contributed by atoms with Crippen LogP contribution in [0.4, 0.5) is 0 Å². The van der Waals surface area contributed by atoms with E-state index >= 15 is 0 Å². The maximum absolute atomic E-state index is 6.00. The molecule has 34 heavy (non-hydrogen) atoms. The van der Waals surface area contributed by atoms with Crippen molar-refractivity contribution in [1.29, 1.82) is 0 Å². The number of benzene rings is 2. The number of nitrogens with zero attached hydrogens (tertiary/aromatic N) is 1. The van der Waals surface area contributed by atoms with Gasteiger partial charge in [0.25, 0.3) is 0 Å². The Bertz CT molecular complexity index is 1090. The van der Waals surface area contributed by atoms with Gasteiger partial charge in [-0.1, -0.05) is 36.3 Å². The summed E-state index contributed by atoms with van der Waals surface area (Å²) in [6, 6.07) is 21.1. The van der Waals surface area contributed by atoms with Gasteiger partial charge >= 0.3 is 0 Å². The zero-order valence-electron chi connectivity index (χ0n) is 18.9. The van der Waals surface area contributed by atoms with E-state index in [9.17, 15) is 0 Å². The predicted octanol–water partition coefficient (Wildman–Crippen LogP) is 3.19. The van der Waals surface area contributed by atoms with Crippen molar-refractivity contribution in [1.82, 2.24) is 4.98 Å². The van der Waals surface area contributed by atoms with E-state index in [1.165, 1.54) is 0 Å². The molecule has 0 aliphatic carbocycles. The van der Waals surface area contributed by atoms with E-state index < -0.39 is 0 Å². The van der Waals surface area contributed by atoms with Crippen molar-refractivity contribution in [3.63, 3.8) is 0 Å². The zero-order valence-corrected chi connectivity index (χ0v) is 18.9. The molecule has 1 aromatic heterocycles. The van der Waals surface area contributed by atoms with Crippen LogP contribution < -0.4 is 19.9 Å². The van der Waals surface area contributed by atoms with Crippen molar-refractivity contribution in [2.45, 2.75) is 12.7 Å². The summed E-state index contributed by atoms with van der Waals surface area (Å²) < 4.78 is 28.5. The Balaban J connectivity index is 1.48. The molecule has 0 radical (unpaired) electrons. The van der Waals surface area contributed by atoms with Crippen LogP contribution in [0.3, 0.4) is 0 Å². The number of rotatable bonds is 9. The molecule has 1 aliphatic rings. The summed E-state index contributed by atoms with van der Waals surface area (Å²) in [4.78, 5) is 4.54. The van der Waals surface area contributed by atoms with Crippen LogP contribution >= 0.6 is 0 Å². The van der Waals surface area contributed by atoms with E-state index in [2.05, 4.69) is 16.8 Å². The highest BCUT2D eigenvalue weighted by atomic mass is 16.6. The maximum atomic E-state index is 6.00. The smallest absolute Gasteiger partial charge is 0.218 e. The first kappa shape index (κ1) is 23.6. The van der Waals surface area contributed by atoms with Gasteiger partial charge in [0.15, 0.2) is 0 Å². The normalized spacial score (nSPS) is 15.1. The minimum atomic E-state index is -0.126. The van der Waals surface area contributed by atoms with Gasteiger partial charge in [-0.25, -0.2) is 4.98 Å². The van der Waals surface area contributed by atoms with Crippen molar-refractivity contribution in [3.05, 3.63) is 83.6 Å². The van der Waals surface area contributed by atoms with Crippen molar-refractivity contribution in [2.24, 2.45) is 5.73 Å². The molecule has 3 aromatic rings. The average Bonchev–Trinajstić information content (AvgIpc) is 2.90. The molecule has 176 valence electrons. The standard InChI is InChI=1S/C27H28N2O5/c28-12-13-31-24-10-7-21(8-11-24)6-9-23-16-25(33-18-22-4-2-1-3-5-22)17-27(29-23)34-20-26-19-30-14-15-32-26/h1-5,7-8,10-11,16-17,26H,12-15,18-20,28H2. The fourth-order valence-electron chi connectivity index (χ4n) is 3.20. The maximum Gasteiger partial charge on any atom is 0.218 e. The van der Waals surface area contributed by atoms with Crippen molar-refractivity contribution < 1.29 is 23.7 Å². The van der Waals surface area contributed by atoms with Gasteiger partial charge in [0.1, 0.15) is 43.1 Å². The highest BCUT2D eigenvalue weighted by Crippen LogP contribution is 2.21. The second kappa shape index (κ2) is 12.6. The average molecular weight is 461 g/mol. The third-order valence-corrected chi connectivity index (χ3v) is 4.90. The molecule has 0 amide bonds. The van der Waals surface area contributed by atoms with Crippen LogP contribution in [0.15, 0.2) is 66.7 Å². The van der Waals surface area contributed by atoms with Crippen LogP contribution in [-0.4, -0.2) is 50.7 Å². The summed E-state index contributed by atoms with van der Waals surface area (Å²) in [5, 5.41) is 0. The molecule has 7 heteroatoms. The minimum absolute atomic E-state index is 0.126. The minimum Gasteiger partial charge on any atom is -0.492 e. The summed E-state index contributed by atoms with van der Waals surface area (Å²) in [6.07, 6.45) is -0.126. The van der Waals surface area contributed by atoms with Crippen LogP contribution in [0.1, 0.15) is 16.8 Å². The molecular weight excluding hydrogens is 432 g/mol. The number of aromatic nitrogens is 1. The Labute approximate surface area is 199 Å². The molecule has 0 bridgehead atoms. The van der Waals surface area contributed by atoms with Crippen molar-refractivity contribution in [2.75, 3.05) is 39.6 Å². The summed E-state index contributed by atoms with van der Waals surface area (Å²) >= 11 is 0. The van der Waals surface area contributed by atoms with Gasteiger partial charge in [-0.3, -0.25) is 0 Å². The topological polar surface area (TPSA) is 85.1 Å². The quantitative estimate of drug-likeness (QED) is 0.491. The van der Waals surface area contributed by atoms with Crippen LogP contribution in [0.5, 0.6) is 17.4 Å². The highest BCUT2D eigenvalue weighted by Gasteiger charge is 2.16. The first-order valence-electron chi connectivity index (χ1n) is 11.2. The molecule has 2 aromatic carbocycles. The molecule has 1 unspecified atom stereocenters. The lowest BCUT2D eigenvalue weighted by Crippen LogP contribution is -2.33. The fourth-order valence-corrected chi connectivity index (χ4v) is 3.20. The van der Waals surface area contributed by atoms with E-state index in [1.54, 1.807) is 6.07 Å². The van der Waals surface area contributed by atoms with E-state index in [4.69, 9.17) is 29.4 Å². The Morgan fingerprint density at radius 1 is 0.912 bits per heavy atom. The molecule has 1 saturated heterocycles. The van der Waals surface area contributed by atoms with E-state index in [0.717, 1.165) is 16.9 Å². The molecular formula is C27H28N2O5. The van der Waals surface area contributed by atoms with Crippen LogP contribution in [0.2, 0.25) is 0 Å². The molecule has 7 nitrogen and oxygen atoms in total. The highest BCUT2D eigenvalue weighted by molar-refractivity contribution is 5.45. The number of ether oxygens (including phenoxy) is 5. The van der Waals surface area contributed by atoms with Crippen LogP contribution in [-0.2, 0) is 16.1 Å². The number of hydrogen-bond donors (Lipinski definition) is 1. The van der Waals surface area contributed by atoms with Gasteiger partial charge < -0.3 is 29.4 Å². The van der Waals surface area contributed by atoms with Gasteiger partial charge in [-0.2, -0.15) is 0 Å². The lowest BCUT2D eigenvalue weighted by Gasteiger charge is -2.22. The van der Waals surface area contributed by atoms with Gasteiger partial charge in [0.2, 0.25) is 5.88 Å². The molecule has 2 heterocycles. The lowest BCUT2D eigenvalue weighted by molar-refractivity contribution is -0.102. The third kappa shape index (κ3) is 7.49. The molecule has 1 aliphatic heterocycles. The second-order valence-corrected chi connectivity index (χ2v) is 7.59. The molecule has 2 N–H and O–H groups in total. The number of hydrogen-bond acceptors (Lipinski definition) is 7. The molecule has 1 atom stereocenters. The van der Waals surface area contributed by atoms with Crippen molar-refractivity contribution >= 4 is 0 Å². The number of pyridine rings is 1. The van der Waals surface area contributed by atoms with Gasteiger partial charge in [-0.05, 0) is 35.7 Å². The molecule has 0 saturated carbocycles. The largest absolute Gasteiger partial charge is 0.492 e. The summed E-state index contributed by atoms with van der Waals surface area (Å²) in [7, 11) is 0. The second-order valence-electron chi connectivity index (χ2n) is 7.59. The molecule has 1 fully saturated rings. The van der Waals surface area contributed by atoms with E-state index in [0.29, 0.717) is 63.5 Å². The van der Waals surface area contributed by atoms with Gasteiger partial charge in [0, 0.05) is 24.2 Å². The van der Waals surface area contributed by atoms with E-state index in [-0.39, 0.29) is 6.10 Å². The Kier molecular flexibility index (Phi) is 8.75. The fraction of sp³-hybridized carbons (Fsp3) is 0.296. The van der Waals surface area contributed by atoms with E-state index in [1.807, 2.05) is 60.7 Å². The molecule has 0 spiro atoms. The Morgan fingerprint density at radius 3 is 2.53 bits per heavy atom. The summed E-state index contributed by atoms with van der Waals surface area (Å²) in [5.41, 5.74) is 7.93. The monoisotopic (exact) mass is 460 g/mol. The zero-order chi connectivity index (χ0) is 23.4. The van der Waals surface area contributed by atoms with Gasteiger partial charge in [0.05, 0.1) is 19.8 Å². The predicted molar refractivity (Wildman–Crippen MR) is 128 cm³/mol. The Morgan fingerprint density at radius 2 is 1.76 bits per heavy atom.